The number of rotatable bonds is 5. The van der Waals surface area contributed by atoms with Gasteiger partial charge in [-0.2, -0.15) is 9.78 Å². The van der Waals surface area contributed by atoms with E-state index in [1.54, 1.807) is 16.9 Å². The van der Waals surface area contributed by atoms with Crippen LogP contribution in [0.15, 0.2) is 48.7 Å². The molecular formula is C21H23N5O3. The van der Waals surface area contributed by atoms with Crippen LogP contribution in [0, 0.1) is 6.92 Å². The Balaban J connectivity index is 1.52. The minimum absolute atomic E-state index is 0.175. The zero-order valence-corrected chi connectivity index (χ0v) is 16.4. The molecule has 1 aliphatic rings. The van der Waals surface area contributed by atoms with E-state index in [2.05, 4.69) is 20.7 Å². The second-order valence-electron chi connectivity index (χ2n) is 6.69. The van der Waals surface area contributed by atoms with Gasteiger partial charge >= 0.3 is 6.03 Å². The van der Waals surface area contributed by atoms with Crippen LogP contribution in [0.2, 0.25) is 0 Å². The molecule has 1 aromatic carbocycles. The van der Waals surface area contributed by atoms with E-state index in [-0.39, 0.29) is 12.1 Å². The Morgan fingerprint density at radius 1 is 1.31 bits per heavy atom. The van der Waals surface area contributed by atoms with Crippen molar-refractivity contribution in [3.05, 3.63) is 59.9 Å². The Kier molecular flexibility index (Phi) is 5.33. The molecule has 0 saturated heterocycles. The average molecular weight is 393 g/mol. The topological polar surface area (TPSA) is 90.3 Å². The lowest BCUT2D eigenvalue weighted by Crippen LogP contribution is -2.35. The van der Waals surface area contributed by atoms with Gasteiger partial charge in [-0.1, -0.05) is 6.07 Å². The number of nitrogens with one attached hydrogen (secondary N) is 2. The number of aromatic nitrogens is 3. The monoisotopic (exact) mass is 393 g/mol. The highest BCUT2D eigenvalue weighted by Crippen LogP contribution is 2.35. The number of ether oxygens (including phenoxy) is 2. The lowest BCUT2D eigenvalue weighted by molar-refractivity contribution is 0.231. The van der Waals surface area contributed by atoms with Gasteiger partial charge in [0.2, 0.25) is 0 Å². The molecule has 2 amide bonds. The molecular weight excluding hydrogens is 370 g/mol. The molecule has 4 rings (SSSR count). The standard InChI is InChI=1S/C21H23N5O3/c1-3-28-15-7-8-18-16(13-15)17(9-11-29-18)23-21(27)24-20-12-14(2)25-26(20)19-6-4-5-10-22-19/h4-8,10,12-13,17H,3,9,11H2,1-2H3,(H2,23,24,27)/t17-/m0/s1. The number of anilines is 1. The van der Waals surface area contributed by atoms with Crippen molar-refractivity contribution in [3.8, 4) is 17.3 Å². The third-order valence-corrected chi connectivity index (χ3v) is 4.58. The van der Waals surface area contributed by atoms with Crippen LogP contribution in [0.25, 0.3) is 5.82 Å². The molecule has 29 heavy (non-hydrogen) atoms. The maximum absolute atomic E-state index is 12.7. The zero-order valence-electron chi connectivity index (χ0n) is 16.4. The van der Waals surface area contributed by atoms with Crippen molar-refractivity contribution in [2.24, 2.45) is 0 Å². The van der Waals surface area contributed by atoms with Crippen LogP contribution < -0.4 is 20.1 Å². The van der Waals surface area contributed by atoms with Gasteiger partial charge in [0.05, 0.1) is 24.9 Å². The fourth-order valence-corrected chi connectivity index (χ4v) is 3.33. The third-order valence-electron chi connectivity index (χ3n) is 4.58. The summed E-state index contributed by atoms with van der Waals surface area (Å²) in [7, 11) is 0. The van der Waals surface area contributed by atoms with Crippen LogP contribution in [-0.2, 0) is 0 Å². The van der Waals surface area contributed by atoms with E-state index in [0.29, 0.717) is 31.3 Å². The van der Waals surface area contributed by atoms with Gasteiger partial charge in [-0.05, 0) is 44.2 Å². The molecule has 150 valence electrons. The van der Waals surface area contributed by atoms with Gasteiger partial charge in [-0.3, -0.25) is 5.32 Å². The van der Waals surface area contributed by atoms with Crippen LogP contribution in [0.3, 0.4) is 0 Å². The number of hydrogen-bond acceptors (Lipinski definition) is 5. The molecule has 1 atom stereocenters. The highest BCUT2D eigenvalue weighted by atomic mass is 16.5. The van der Waals surface area contributed by atoms with Gasteiger partial charge in [0.15, 0.2) is 5.82 Å². The molecule has 0 spiro atoms. The molecule has 2 N–H and O–H groups in total. The van der Waals surface area contributed by atoms with Gasteiger partial charge in [-0.15, -0.1) is 0 Å². The smallest absolute Gasteiger partial charge is 0.320 e. The van der Waals surface area contributed by atoms with Gasteiger partial charge in [-0.25, -0.2) is 9.78 Å². The van der Waals surface area contributed by atoms with Gasteiger partial charge in [0, 0.05) is 24.2 Å². The largest absolute Gasteiger partial charge is 0.494 e. The van der Waals surface area contributed by atoms with E-state index < -0.39 is 0 Å². The first kappa shape index (κ1) is 18.8. The molecule has 3 heterocycles. The van der Waals surface area contributed by atoms with Crippen LogP contribution in [0.4, 0.5) is 10.6 Å². The van der Waals surface area contributed by atoms with Gasteiger partial charge < -0.3 is 14.8 Å². The molecule has 0 aliphatic carbocycles. The third kappa shape index (κ3) is 4.16. The number of carbonyl (C=O) groups is 1. The van der Waals surface area contributed by atoms with Crippen LogP contribution in [-0.4, -0.2) is 34.0 Å². The number of aryl methyl sites for hydroxylation is 1. The molecule has 0 unspecified atom stereocenters. The van der Waals surface area contributed by atoms with Crippen molar-refractivity contribution in [2.75, 3.05) is 18.5 Å². The second kappa shape index (κ2) is 8.22. The number of fused-ring (bicyclic) bond motifs is 1. The van der Waals surface area contributed by atoms with Crippen molar-refractivity contribution >= 4 is 11.8 Å². The van der Waals surface area contributed by atoms with Crippen molar-refractivity contribution in [1.29, 1.82) is 0 Å². The van der Waals surface area contributed by atoms with E-state index in [4.69, 9.17) is 9.47 Å². The number of nitrogens with zero attached hydrogens (tertiary/aromatic N) is 3. The van der Waals surface area contributed by atoms with Crippen LogP contribution >= 0.6 is 0 Å². The minimum Gasteiger partial charge on any atom is -0.494 e. The second-order valence-corrected chi connectivity index (χ2v) is 6.69. The Labute approximate surface area is 168 Å². The molecule has 1 aliphatic heterocycles. The normalized spacial score (nSPS) is 15.2. The molecule has 8 heteroatoms. The molecule has 0 radical (unpaired) electrons. The fourth-order valence-electron chi connectivity index (χ4n) is 3.33. The lowest BCUT2D eigenvalue weighted by Gasteiger charge is -2.27. The summed E-state index contributed by atoms with van der Waals surface area (Å²) in [5.41, 5.74) is 1.69. The number of urea groups is 1. The Morgan fingerprint density at radius 2 is 2.21 bits per heavy atom. The molecule has 8 nitrogen and oxygen atoms in total. The number of amides is 2. The number of benzene rings is 1. The van der Waals surface area contributed by atoms with Crippen molar-refractivity contribution in [3.63, 3.8) is 0 Å². The number of carbonyl (C=O) groups excluding carboxylic acids is 1. The lowest BCUT2D eigenvalue weighted by atomic mass is 10.0. The predicted molar refractivity (Wildman–Crippen MR) is 109 cm³/mol. The predicted octanol–water partition coefficient (Wildman–Crippen LogP) is 3.62. The van der Waals surface area contributed by atoms with Crippen molar-refractivity contribution in [2.45, 2.75) is 26.3 Å². The summed E-state index contributed by atoms with van der Waals surface area (Å²) < 4.78 is 12.9. The maximum Gasteiger partial charge on any atom is 0.320 e. The zero-order chi connectivity index (χ0) is 20.2. The first-order chi connectivity index (χ1) is 14.1. The molecule has 3 aromatic rings. The van der Waals surface area contributed by atoms with Gasteiger partial charge in [0.25, 0.3) is 0 Å². The first-order valence-corrected chi connectivity index (χ1v) is 9.59. The van der Waals surface area contributed by atoms with E-state index in [0.717, 1.165) is 22.8 Å². The van der Waals surface area contributed by atoms with E-state index in [1.165, 1.54) is 0 Å². The number of pyridine rings is 1. The number of hydrogen-bond donors (Lipinski definition) is 2. The fraction of sp³-hybridized carbons (Fsp3) is 0.286. The van der Waals surface area contributed by atoms with E-state index in [9.17, 15) is 4.79 Å². The summed E-state index contributed by atoms with van der Waals surface area (Å²) >= 11 is 0. The Bertz CT molecular complexity index is 1000. The molecule has 0 saturated carbocycles. The summed E-state index contributed by atoms with van der Waals surface area (Å²) in [5, 5.41) is 10.3. The molecule has 0 fully saturated rings. The summed E-state index contributed by atoms with van der Waals surface area (Å²) in [4.78, 5) is 17.0. The maximum atomic E-state index is 12.7. The molecule has 2 aromatic heterocycles. The summed E-state index contributed by atoms with van der Waals surface area (Å²) in [6.07, 6.45) is 2.36. The van der Waals surface area contributed by atoms with E-state index >= 15 is 0 Å². The van der Waals surface area contributed by atoms with Crippen molar-refractivity contribution < 1.29 is 14.3 Å². The Hall–Kier alpha value is -3.55. The van der Waals surface area contributed by atoms with Crippen LogP contribution in [0.5, 0.6) is 11.5 Å². The average Bonchev–Trinajstić information content (AvgIpc) is 3.09. The van der Waals surface area contributed by atoms with Crippen molar-refractivity contribution in [1.82, 2.24) is 20.1 Å². The minimum atomic E-state index is -0.318. The van der Waals surface area contributed by atoms with Crippen LogP contribution in [0.1, 0.15) is 30.6 Å². The van der Waals surface area contributed by atoms with Gasteiger partial charge in [0.1, 0.15) is 17.3 Å². The summed E-state index contributed by atoms with van der Waals surface area (Å²) in [6.45, 7) is 4.92. The SMILES string of the molecule is CCOc1ccc2c(c1)[C@@H](NC(=O)Nc1cc(C)nn1-c1ccccn1)CCO2. The summed E-state index contributed by atoms with van der Waals surface area (Å²) in [6, 6.07) is 12.5. The highest BCUT2D eigenvalue weighted by molar-refractivity contribution is 5.89. The quantitative estimate of drug-likeness (QED) is 0.691. The summed E-state index contributed by atoms with van der Waals surface area (Å²) in [5.74, 6) is 2.70. The van der Waals surface area contributed by atoms with E-state index in [1.807, 2.05) is 50.2 Å². The Morgan fingerprint density at radius 3 is 3.00 bits per heavy atom. The molecule has 0 bridgehead atoms. The highest BCUT2D eigenvalue weighted by Gasteiger charge is 2.24. The first-order valence-electron chi connectivity index (χ1n) is 9.59.